The Morgan fingerprint density at radius 1 is 1.00 bits per heavy atom. The molecule has 2 rings (SSSR count). The van der Waals surface area contributed by atoms with E-state index in [1.807, 2.05) is 0 Å². The predicted molar refractivity (Wildman–Crippen MR) is 61.3 cm³/mol. The molecule has 0 radical (unpaired) electrons. The van der Waals surface area contributed by atoms with Crippen LogP contribution in [0.3, 0.4) is 0 Å². The smallest absolute Gasteiger partial charge is 0.416 e. The molecule has 0 amide bonds. The summed E-state index contributed by atoms with van der Waals surface area (Å²) in [5.41, 5.74) is -0.315. The Kier molecular flexibility index (Phi) is 3.87. The molecule has 1 heterocycles. The molecule has 106 valence electrons. The summed E-state index contributed by atoms with van der Waals surface area (Å²) in [6.45, 7) is -3.06. The molecule has 0 bridgehead atoms. The van der Waals surface area contributed by atoms with Crippen LogP contribution in [0.1, 0.15) is 5.56 Å². The molecule has 0 saturated carbocycles. The van der Waals surface area contributed by atoms with Crippen molar-refractivity contribution in [3.63, 3.8) is 0 Å². The Bertz CT molecular complexity index is 580. The monoisotopic (exact) mass is 289 g/mol. The lowest BCUT2D eigenvalue weighted by molar-refractivity contribution is -0.137. The van der Waals surface area contributed by atoms with E-state index in [1.165, 1.54) is 30.5 Å². The normalized spacial score (nSPS) is 11.7. The fourth-order valence-corrected chi connectivity index (χ4v) is 1.63. The molecule has 0 aliphatic rings. The highest BCUT2D eigenvalue weighted by molar-refractivity contribution is 5.68. The summed E-state index contributed by atoms with van der Waals surface area (Å²) in [4.78, 5) is 3.64. The number of halogens is 5. The van der Waals surface area contributed by atoms with Crippen molar-refractivity contribution in [1.29, 1.82) is 0 Å². The molecule has 0 fully saturated rings. The number of pyridine rings is 1. The number of rotatable bonds is 3. The van der Waals surface area contributed by atoms with Crippen LogP contribution in [0.4, 0.5) is 22.0 Å². The Balaban J connectivity index is 2.37. The first-order valence-electron chi connectivity index (χ1n) is 5.45. The van der Waals surface area contributed by atoms with Crippen LogP contribution in [0.15, 0.2) is 42.6 Å². The van der Waals surface area contributed by atoms with Crippen LogP contribution in [-0.2, 0) is 6.18 Å². The van der Waals surface area contributed by atoms with Gasteiger partial charge in [0, 0.05) is 11.8 Å². The highest BCUT2D eigenvalue weighted by atomic mass is 19.4. The summed E-state index contributed by atoms with van der Waals surface area (Å²) in [5, 5.41) is 0. The molecule has 1 aromatic carbocycles. The second kappa shape index (κ2) is 5.44. The third kappa shape index (κ3) is 3.23. The number of hydrogen-bond acceptors (Lipinski definition) is 2. The first-order valence-corrected chi connectivity index (χ1v) is 5.45. The van der Waals surface area contributed by atoms with Gasteiger partial charge in [-0.3, -0.25) is 0 Å². The zero-order chi connectivity index (χ0) is 14.8. The third-order valence-electron chi connectivity index (χ3n) is 2.50. The van der Waals surface area contributed by atoms with Crippen molar-refractivity contribution in [2.45, 2.75) is 12.8 Å². The first kappa shape index (κ1) is 14.2. The van der Waals surface area contributed by atoms with Crippen molar-refractivity contribution in [2.24, 2.45) is 0 Å². The summed E-state index contributed by atoms with van der Waals surface area (Å²) >= 11 is 0. The molecule has 0 aliphatic carbocycles. The van der Waals surface area contributed by atoms with Crippen LogP contribution in [0.25, 0.3) is 11.1 Å². The van der Waals surface area contributed by atoms with Crippen LogP contribution in [0.5, 0.6) is 5.88 Å². The summed E-state index contributed by atoms with van der Waals surface area (Å²) in [7, 11) is 0. The summed E-state index contributed by atoms with van der Waals surface area (Å²) in [5.74, 6) is -0.331. The van der Waals surface area contributed by atoms with Crippen LogP contribution in [0, 0.1) is 0 Å². The third-order valence-corrected chi connectivity index (χ3v) is 2.50. The van der Waals surface area contributed by atoms with Gasteiger partial charge in [-0.1, -0.05) is 12.1 Å². The maximum absolute atomic E-state index is 12.4. The van der Waals surface area contributed by atoms with Crippen molar-refractivity contribution in [1.82, 2.24) is 4.98 Å². The number of nitrogens with zero attached hydrogens (tertiary/aromatic N) is 1. The number of aromatic nitrogens is 1. The van der Waals surface area contributed by atoms with Gasteiger partial charge in [-0.05, 0) is 29.8 Å². The van der Waals surface area contributed by atoms with Gasteiger partial charge in [0.2, 0.25) is 5.88 Å². The standard InChI is InChI=1S/C13H8F5NO/c14-12(15)20-11-10(2-1-7-19-11)8-3-5-9(6-4-8)13(16,17)18/h1-7,12H. The van der Waals surface area contributed by atoms with Crippen molar-refractivity contribution in [3.8, 4) is 17.0 Å². The number of benzene rings is 1. The van der Waals surface area contributed by atoms with Crippen LogP contribution < -0.4 is 4.74 Å². The second-order valence-electron chi connectivity index (χ2n) is 3.81. The zero-order valence-electron chi connectivity index (χ0n) is 9.86. The van der Waals surface area contributed by atoms with Crippen molar-refractivity contribution < 1.29 is 26.7 Å². The summed E-state index contributed by atoms with van der Waals surface area (Å²) in [6, 6.07) is 7.01. The molecule has 2 nitrogen and oxygen atoms in total. The van der Waals surface area contributed by atoms with Crippen LogP contribution in [0.2, 0.25) is 0 Å². The van der Waals surface area contributed by atoms with Gasteiger partial charge >= 0.3 is 12.8 Å². The molecule has 20 heavy (non-hydrogen) atoms. The molecule has 2 aromatic rings. The lowest BCUT2D eigenvalue weighted by atomic mass is 10.0. The van der Waals surface area contributed by atoms with E-state index in [1.54, 1.807) is 0 Å². The molecular formula is C13H8F5NO. The van der Waals surface area contributed by atoms with Crippen LogP contribution >= 0.6 is 0 Å². The average molecular weight is 289 g/mol. The van der Waals surface area contributed by atoms with E-state index in [-0.39, 0.29) is 11.4 Å². The maximum atomic E-state index is 12.4. The zero-order valence-corrected chi connectivity index (χ0v) is 9.86. The first-order chi connectivity index (χ1) is 9.38. The Labute approximate surface area is 110 Å². The van der Waals surface area contributed by atoms with Gasteiger partial charge < -0.3 is 4.74 Å². The Hall–Kier alpha value is -2.18. The number of hydrogen-bond donors (Lipinski definition) is 0. The fourth-order valence-electron chi connectivity index (χ4n) is 1.63. The van der Waals surface area contributed by atoms with Gasteiger partial charge in [0.25, 0.3) is 0 Å². The minimum absolute atomic E-state index is 0.196. The highest BCUT2D eigenvalue weighted by Gasteiger charge is 2.30. The van der Waals surface area contributed by atoms with E-state index >= 15 is 0 Å². The molecular weight excluding hydrogens is 281 g/mol. The number of alkyl halides is 5. The topological polar surface area (TPSA) is 22.1 Å². The van der Waals surface area contributed by atoms with E-state index in [9.17, 15) is 22.0 Å². The van der Waals surface area contributed by atoms with Crippen molar-refractivity contribution in [3.05, 3.63) is 48.2 Å². The van der Waals surface area contributed by atoms with E-state index in [0.29, 0.717) is 5.56 Å². The fraction of sp³-hybridized carbons (Fsp3) is 0.154. The minimum Gasteiger partial charge on any atom is -0.416 e. The van der Waals surface area contributed by atoms with Gasteiger partial charge in [0.05, 0.1) is 5.56 Å². The predicted octanol–water partition coefficient (Wildman–Crippen LogP) is 4.37. The lowest BCUT2D eigenvalue weighted by Crippen LogP contribution is -2.05. The minimum atomic E-state index is -4.45. The largest absolute Gasteiger partial charge is 0.416 e. The number of ether oxygens (including phenoxy) is 1. The molecule has 0 atom stereocenters. The molecule has 0 N–H and O–H groups in total. The Morgan fingerprint density at radius 2 is 1.65 bits per heavy atom. The van der Waals surface area contributed by atoms with Crippen molar-refractivity contribution in [2.75, 3.05) is 0 Å². The lowest BCUT2D eigenvalue weighted by Gasteiger charge is -2.11. The van der Waals surface area contributed by atoms with Gasteiger partial charge in [0.1, 0.15) is 0 Å². The Morgan fingerprint density at radius 3 is 2.20 bits per heavy atom. The SMILES string of the molecule is FC(F)Oc1ncccc1-c1ccc(C(F)(F)F)cc1. The molecule has 0 aliphatic heterocycles. The van der Waals surface area contributed by atoms with Gasteiger partial charge in [-0.2, -0.15) is 22.0 Å². The van der Waals surface area contributed by atoms with Gasteiger partial charge in [0.15, 0.2) is 0 Å². The molecule has 0 unspecified atom stereocenters. The molecule has 1 aromatic heterocycles. The van der Waals surface area contributed by atoms with E-state index < -0.39 is 18.4 Å². The summed E-state index contributed by atoms with van der Waals surface area (Å²) in [6.07, 6.45) is -3.19. The highest BCUT2D eigenvalue weighted by Crippen LogP contribution is 2.33. The summed E-state index contributed by atoms with van der Waals surface area (Å²) < 4.78 is 66.0. The van der Waals surface area contributed by atoms with Crippen molar-refractivity contribution >= 4 is 0 Å². The molecule has 7 heteroatoms. The average Bonchev–Trinajstić information content (AvgIpc) is 2.38. The van der Waals surface area contributed by atoms with E-state index in [0.717, 1.165) is 12.1 Å². The van der Waals surface area contributed by atoms with Gasteiger partial charge in [-0.25, -0.2) is 4.98 Å². The van der Waals surface area contributed by atoms with Gasteiger partial charge in [-0.15, -0.1) is 0 Å². The van der Waals surface area contributed by atoms with Crippen LogP contribution in [-0.4, -0.2) is 11.6 Å². The van der Waals surface area contributed by atoms with E-state index in [4.69, 9.17) is 0 Å². The quantitative estimate of drug-likeness (QED) is 0.783. The second-order valence-corrected chi connectivity index (χ2v) is 3.81. The van der Waals surface area contributed by atoms with E-state index in [2.05, 4.69) is 9.72 Å². The molecule has 0 saturated heterocycles. The maximum Gasteiger partial charge on any atom is 0.416 e. The molecule has 0 spiro atoms.